The van der Waals surface area contributed by atoms with Crippen molar-refractivity contribution in [3.63, 3.8) is 0 Å². The molecule has 4 aromatic rings. The lowest BCUT2D eigenvalue weighted by Gasteiger charge is -2.23. The number of hydrogen-bond donors (Lipinski definition) is 3. The van der Waals surface area contributed by atoms with Gasteiger partial charge in [-0.25, -0.2) is 4.98 Å². The van der Waals surface area contributed by atoms with Gasteiger partial charge in [-0.15, -0.1) is 39.1 Å². The van der Waals surface area contributed by atoms with Crippen molar-refractivity contribution in [2.24, 2.45) is 0 Å². The Hall–Kier alpha value is -1.86. The standard InChI is InChI=1S/C25H28N3OP3S/c1-13-8-9-16(25-28-17-6-4-5-7-19(17)33-25)18(12-13)27-15(3)20-14(2)22(30)21(26-10-11-29)24(32)23(20)31/h4-9,12,26-27,29H,3,10-11,30-32H2,1-2H3. The van der Waals surface area contributed by atoms with E-state index in [4.69, 9.17) is 4.98 Å². The molecule has 3 unspecified atom stereocenters. The Bertz CT molecular complexity index is 1300. The molecule has 0 bridgehead atoms. The molecule has 1 heterocycles. The summed E-state index contributed by atoms with van der Waals surface area (Å²) >= 11 is 1.69. The highest BCUT2D eigenvalue weighted by Crippen LogP contribution is 2.36. The maximum atomic E-state index is 9.23. The molecule has 4 nitrogen and oxygen atoms in total. The summed E-state index contributed by atoms with van der Waals surface area (Å²) in [5, 5.41) is 20.3. The summed E-state index contributed by atoms with van der Waals surface area (Å²) < 4.78 is 1.17. The van der Waals surface area contributed by atoms with Crippen LogP contribution in [0.1, 0.15) is 16.7 Å². The van der Waals surface area contributed by atoms with E-state index in [1.54, 1.807) is 11.3 Å². The highest BCUT2D eigenvalue weighted by Gasteiger charge is 2.19. The molecule has 3 atom stereocenters. The quantitative estimate of drug-likeness (QED) is 0.319. The number of aliphatic hydroxyl groups is 1. The molecule has 0 spiro atoms. The number of para-hydroxylation sites is 1. The lowest BCUT2D eigenvalue weighted by Crippen LogP contribution is -2.30. The number of aromatic nitrogens is 1. The highest BCUT2D eigenvalue weighted by molar-refractivity contribution is 7.37. The molecule has 33 heavy (non-hydrogen) atoms. The van der Waals surface area contributed by atoms with Gasteiger partial charge in [-0.05, 0) is 59.8 Å². The second-order valence-electron chi connectivity index (χ2n) is 7.91. The molecule has 0 radical (unpaired) electrons. The maximum Gasteiger partial charge on any atom is 0.126 e. The van der Waals surface area contributed by atoms with E-state index in [2.05, 4.69) is 83.0 Å². The van der Waals surface area contributed by atoms with Crippen LogP contribution in [-0.4, -0.2) is 23.2 Å². The fourth-order valence-electron chi connectivity index (χ4n) is 3.86. The van der Waals surface area contributed by atoms with Gasteiger partial charge in [0.1, 0.15) is 5.01 Å². The Labute approximate surface area is 205 Å². The zero-order valence-electron chi connectivity index (χ0n) is 18.7. The normalized spacial score (nSPS) is 11.1. The van der Waals surface area contributed by atoms with Crippen molar-refractivity contribution in [1.82, 2.24) is 4.98 Å². The van der Waals surface area contributed by atoms with Gasteiger partial charge in [0, 0.05) is 40.0 Å². The van der Waals surface area contributed by atoms with E-state index in [0.29, 0.717) is 6.54 Å². The van der Waals surface area contributed by atoms with E-state index >= 15 is 0 Å². The van der Waals surface area contributed by atoms with Gasteiger partial charge in [-0.3, -0.25) is 0 Å². The summed E-state index contributed by atoms with van der Waals surface area (Å²) in [5.74, 6) is 0. The fraction of sp³-hybridized carbons (Fsp3) is 0.160. The minimum Gasteiger partial charge on any atom is -0.395 e. The van der Waals surface area contributed by atoms with Crippen molar-refractivity contribution in [1.29, 1.82) is 0 Å². The van der Waals surface area contributed by atoms with Gasteiger partial charge in [0.15, 0.2) is 0 Å². The summed E-state index contributed by atoms with van der Waals surface area (Å²) in [6, 6.07) is 14.6. The predicted molar refractivity (Wildman–Crippen MR) is 157 cm³/mol. The average molecular weight is 512 g/mol. The van der Waals surface area contributed by atoms with E-state index < -0.39 is 0 Å². The van der Waals surface area contributed by atoms with E-state index in [0.717, 1.165) is 60.2 Å². The average Bonchev–Trinajstić information content (AvgIpc) is 3.22. The third kappa shape index (κ3) is 4.85. The first-order valence-corrected chi connectivity index (χ1v) is 13.1. The third-order valence-corrected chi connectivity index (χ3v) is 8.90. The first-order valence-electron chi connectivity index (χ1n) is 10.6. The van der Waals surface area contributed by atoms with Crippen LogP contribution in [0.15, 0.2) is 49.0 Å². The second kappa shape index (κ2) is 10.2. The second-order valence-corrected chi connectivity index (χ2v) is 10.7. The zero-order chi connectivity index (χ0) is 23.7. The van der Waals surface area contributed by atoms with Gasteiger partial charge in [0.2, 0.25) is 0 Å². The number of rotatable bonds is 7. The first kappa shape index (κ1) is 24.3. The Morgan fingerprint density at radius 3 is 2.55 bits per heavy atom. The number of aryl methyl sites for hydroxylation is 1. The zero-order valence-corrected chi connectivity index (χ0v) is 23.0. The molecule has 1 aromatic heterocycles. The molecule has 4 rings (SSSR count). The molecular weight excluding hydrogens is 483 g/mol. The Morgan fingerprint density at radius 2 is 1.82 bits per heavy atom. The van der Waals surface area contributed by atoms with Crippen molar-refractivity contribution >= 4 is 82.3 Å². The van der Waals surface area contributed by atoms with Gasteiger partial charge < -0.3 is 15.7 Å². The summed E-state index contributed by atoms with van der Waals surface area (Å²) in [4.78, 5) is 4.87. The Balaban J connectivity index is 1.75. The van der Waals surface area contributed by atoms with Crippen molar-refractivity contribution in [2.45, 2.75) is 13.8 Å². The van der Waals surface area contributed by atoms with Crippen LogP contribution >= 0.6 is 39.1 Å². The molecule has 0 amide bonds. The number of thiazole rings is 1. The number of nitrogens with one attached hydrogen (secondary N) is 2. The van der Waals surface area contributed by atoms with Crippen molar-refractivity contribution < 1.29 is 5.11 Å². The van der Waals surface area contributed by atoms with Crippen LogP contribution in [0.4, 0.5) is 11.4 Å². The fourth-order valence-corrected chi connectivity index (χ4v) is 6.37. The van der Waals surface area contributed by atoms with Crippen LogP contribution < -0.4 is 26.5 Å². The van der Waals surface area contributed by atoms with Crippen molar-refractivity contribution in [2.75, 3.05) is 23.8 Å². The van der Waals surface area contributed by atoms with Gasteiger partial charge in [-0.1, -0.05) is 24.8 Å². The molecule has 0 fully saturated rings. The van der Waals surface area contributed by atoms with E-state index in [1.165, 1.54) is 10.3 Å². The third-order valence-electron chi connectivity index (χ3n) is 5.58. The SMILES string of the molecule is C=C(Nc1cc(C)ccc1-c1nc2ccccc2s1)c1c(C)c(P)c(NCCO)c(P)c1P. The number of nitrogens with zero attached hydrogens (tertiary/aromatic N) is 1. The van der Waals surface area contributed by atoms with Crippen molar-refractivity contribution in [3.05, 3.63) is 65.7 Å². The molecule has 0 aliphatic heterocycles. The van der Waals surface area contributed by atoms with E-state index in [1.807, 2.05) is 18.2 Å². The maximum absolute atomic E-state index is 9.23. The van der Waals surface area contributed by atoms with Crippen LogP contribution in [0.25, 0.3) is 26.5 Å². The number of benzene rings is 3. The Kier molecular flexibility index (Phi) is 7.49. The minimum atomic E-state index is 0.0807. The highest BCUT2D eigenvalue weighted by atomic mass is 32.1. The number of hydrogen-bond acceptors (Lipinski definition) is 5. The summed E-state index contributed by atoms with van der Waals surface area (Å²) in [5.41, 5.74) is 8.22. The molecule has 0 aliphatic carbocycles. The lowest BCUT2D eigenvalue weighted by molar-refractivity contribution is 0.311. The van der Waals surface area contributed by atoms with E-state index in [-0.39, 0.29) is 6.61 Å². The van der Waals surface area contributed by atoms with Gasteiger partial charge in [-0.2, -0.15) is 0 Å². The Morgan fingerprint density at radius 1 is 1.06 bits per heavy atom. The van der Waals surface area contributed by atoms with E-state index in [9.17, 15) is 5.11 Å². The molecular formula is C25H28N3OP3S. The van der Waals surface area contributed by atoms with Crippen LogP contribution in [-0.2, 0) is 0 Å². The number of fused-ring (bicyclic) bond motifs is 1. The first-order chi connectivity index (χ1) is 15.8. The smallest absolute Gasteiger partial charge is 0.126 e. The van der Waals surface area contributed by atoms with Crippen LogP contribution in [0.5, 0.6) is 0 Å². The van der Waals surface area contributed by atoms with Crippen LogP contribution in [0.3, 0.4) is 0 Å². The largest absolute Gasteiger partial charge is 0.395 e. The molecule has 8 heteroatoms. The molecule has 3 aromatic carbocycles. The summed E-state index contributed by atoms with van der Waals surface area (Å²) in [6.45, 7) is 9.17. The number of anilines is 2. The van der Waals surface area contributed by atoms with Crippen LogP contribution in [0.2, 0.25) is 0 Å². The van der Waals surface area contributed by atoms with Gasteiger partial charge in [0.05, 0.1) is 16.8 Å². The predicted octanol–water partition coefficient (Wildman–Crippen LogP) is 4.57. The molecule has 3 N–H and O–H groups in total. The number of aliphatic hydroxyl groups excluding tert-OH is 1. The minimum absolute atomic E-state index is 0.0807. The lowest BCUT2D eigenvalue weighted by atomic mass is 10.0. The summed E-state index contributed by atoms with van der Waals surface area (Å²) in [6.07, 6.45) is 0. The van der Waals surface area contributed by atoms with Crippen LogP contribution in [0, 0.1) is 13.8 Å². The van der Waals surface area contributed by atoms with Gasteiger partial charge >= 0.3 is 0 Å². The molecule has 0 saturated carbocycles. The van der Waals surface area contributed by atoms with Gasteiger partial charge in [0.25, 0.3) is 0 Å². The topological polar surface area (TPSA) is 57.2 Å². The molecule has 0 saturated heterocycles. The molecule has 170 valence electrons. The molecule has 0 aliphatic rings. The monoisotopic (exact) mass is 511 g/mol. The summed E-state index contributed by atoms with van der Waals surface area (Å²) in [7, 11) is 8.50. The van der Waals surface area contributed by atoms with Crippen molar-refractivity contribution in [3.8, 4) is 10.6 Å².